The third kappa shape index (κ3) is 5.58. The van der Waals surface area contributed by atoms with Crippen LogP contribution < -0.4 is 0 Å². The maximum absolute atomic E-state index is 5.57. The molecule has 0 aliphatic rings. The Morgan fingerprint density at radius 2 is 1.75 bits per heavy atom. The molecule has 28 heavy (non-hydrogen) atoms. The lowest BCUT2D eigenvalue weighted by atomic mass is 9.91. The van der Waals surface area contributed by atoms with Crippen molar-refractivity contribution in [2.45, 2.75) is 65.7 Å². The lowest BCUT2D eigenvalue weighted by molar-refractivity contribution is 0.404. The predicted octanol–water partition coefficient (Wildman–Crippen LogP) is 7.37. The molecule has 1 heterocycles. The van der Waals surface area contributed by atoms with E-state index in [-0.39, 0.29) is 0 Å². The molecule has 0 spiro atoms. The van der Waals surface area contributed by atoms with Crippen LogP contribution in [0, 0.1) is 19.8 Å². The number of hydrogen-bond donors (Lipinski definition) is 0. The largest absolute Gasteiger partial charge is 0.356 e. The van der Waals surface area contributed by atoms with Gasteiger partial charge in [-0.05, 0) is 80.7 Å². The summed E-state index contributed by atoms with van der Waals surface area (Å²) in [7, 11) is 0. The topological polar surface area (TPSA) is 26.0 Å². The highest BCUT2D eigenvalue weighted by Crippen LogP contribution is 2.26. The number of rotatable bonds is 10. The summed E-state index contributed by atoms with van der Waals surface area (Å²) in [5.74, 6) is 0.754. The second kappa shape index (κ2) is 10.3. The minimum absolute atomic E-state index is 0.754. The van der Waals surface area contributed by atoms with Crippen molar-refractivity contribution in [2.24, 2.45) is 5.92 Å². The second-order valence-electron chi connectivity index (χ2n) is 7.99. The van der Waals surface area contributed by atoms with Gasteiger partial charge in [-0.2, -0.15) is 0 Å². The third-order valence-corrected chi connectivity index (χ3v) is 5.75. The van der Waals surface area contributed by atoms with Gasteiger partial charge in [-0.25, -0.2) is 0 Å². The summed E-state index contributed by atoms with van der Waals surface area (Å²) in [6.07, 6.45) is 12.9. The maximum atomic E-state index is 5.57. The highest BCUT2D eigenvalue weighted by molar-refractivity contribution is 5.81. The molecule has 0 amide bonds. The number of fused-ring (bicyclic) bond motifs is 1. The Morgan fingerprint density at radius 3 is 2.54 bits per heavy atom. The standard InChI is InChI=1S/C26H33NO/c1-4-11-22(12-7-5-8-13-23-14-9-6-10-15-23)16-17-25-24-18-20(2)21(3)19-26(24)28-27-25/h5-6,8-10,14-15,18-19,22H,4,7,11-13,16-17H2,1-3H3/b8-5+. The number of benzene rings is 2. The molecule has 2 heteroatoms. The average Bonchev–Trinajstić information content (AvgIpc) is 3.08. The zero-order valence-electron chi connectivity index (χ0n) is 17.6. The van der Waals surface area contributed by atoms with Gasteiger partial charge in [0.05, 0.1) is 5.69 Å². The van der Waals surface area contributed by atoms with E-state index >= 15 is 0 Å². The van der Waals surface area contributed by atoms with Crippen LogP contribution >= 0.6 is 0 Å². The van der Waals surface area contributed by atoms with E-state index in [1.165, 1.54) is 47.8 Å². The first-order chi connectivity index (χ1) is 13.7. The van der Waals surface area contributed by atoms with Crippen molar-refractivity contribution in [1.82, 2.24) is 5.16 Å². The predicted molar refractivity (Wildman–Crippen MR) is 119 cm³/mol. The van der Waals surface area contributed by atoms with Crippen LogP contribution in [0.25, 0.3) is 11.0 Å². The maximum Gasteiger partial charge on any atom is 0.167 e. The number of allylic oxidation sites excluding steroid dienone is 2. The van der Waals surface area contributed by atoms with Gasteiger partial charge in [0.1, 0.15) is 0 Å². The van der Waals surface area contributed by atoms with Crippen LogP contribution in [0.1, 0.15) is 61.4 Å². The average molecular weight is 376 g/mol. The summed E-state index contributed by atoms with van der Waals surface area (Å²) in [5.41, 5.74) is 6.01. The van der Waals surface area contributed by atoms with Crippen molar-refractivity contribution in [3.05, 3.63) is 77.0 Å². The van der Waals surface area contributed by atoms with Gasteiger partial charge < -0.3 is 4.52 Å². The van der Waals surface area contributed by atoms with Crippen LogP contribution in [0.2, 0.25) is 0 Å². The first-order valence-electron chi connectivity index (χ1n) is 10.7. The van der Waals surface area contributed by atoms with Crippen molar-refractivity contribution in [1.29, 1.82) is 0 Å². The van der Waals surface area contributed by atoms with E-state index in [4.69, 9.17) is 4.52 Å². The van der Waals surface area contributed by atoms with Crippen LogP contribution in [-0.4, -0.2) is 5.16 Å². The molecule has 1 aromatic heterocycles. The van der Waals surface area contributed by atoms with Crippen LogP contribution in [0.5, 0.6) is 0 Å². The molecular weight excluding hydrogens is 342 g/mol. The number of aromatic nitrogens is 1. The summed E-state index contributed by atoms with van der Waals surface area (Å²) in [6, 6.07) is 15.0. The molecule has 0 saturated heterocycles. The monoisotopic (exact) mass is 375 g/mol. The van der Waals surface area contributed by atoms with E-state index in [1.54, 1.807) is 0 Å². The molecule has 0 saturated carbocycles. The molecule has 2 nitrogen and oxygen atoms in total. The Kier molecular flexibility index (Phi) is 7.47. The van der Waals surface area contributed by atoms with E-state index in [2.05, 4.69) is 80.5 Å². The molecule has 0 radical (unpaired) electrons. The fraction of sp³-hybridized carbons (Fsp3) is 0.423. The highest BCUT2D eigenvalue weighted by atomic mass is 16.5. The molecule has 3 rings (SSSR count). The van der Waals surface area contributed by atoms with Gasteiger partial charge in [0.15, 0.2) is 5.58 Å². The molecule has 3 aromatic rings. The van der Waals surface area contributed by atoms with Gasteiger partial charge in [-0.1, -0.05) is 67.4 Å². The lowest BCUT2D eigenvalue weighted by Crippen LogP contribution is -2.02. The molecule has 1 unspecified atom stereocenters. The van der Waals surface area contributed by atoms with Crippen LogP contribution in [-0.2, 0) is 12.8 Å². The Morgan fingerprint density at radius 1 is 0.964 bits per heavy atom. The molecule has 1 atom stereocenters. The van der Waals surface area contributed by atoms with Crippen molar-refractivity contribution < 1.29 is 4.52 Å². The Bertz CT molecular complexity index is 891. The summed E-state index contributed by atoms with van der Waals surface area (Å²) in [6.45, 7) is 6.57. The second-order valence-corrected chi connectivity index (χ2v) is 7.99. The van der Waals surface area contributed by atoms with Crippen molar-refractivity contribution in [3.63, 3.8) is 0 Å². The first kappa shape index (κ1) is 20.4. The Hall–Kier alpha value is -2.35. The van der Waals surface area contributed by atoms with Crippen LogP contribution in [0.15, 0.2) is 59.1 Å². The molecule has 2 aromatic carbocycles. The van der Waals surface area contributed by atoms with E-state index < -0.39 is 0 Å². The van der Waals surface area contributed by atoms with E-state index in [0.717, 1.165) is 36.5 Å². The summed E-state index contributed by atoms with van der Waals surface area (Å²) in [5, 5.41) is 5.56. The fourth-order valence-electron chi connectivity index (χ4n) is 3.89. The minimum atomic E-state index is 0.754. The molecular formula is C26H33NO. The van der Waals surface area contributed by atoms with Crippen molar-refractivity contribution >= 4 is 11.0 Å². The number of aryl methyl sites for hydroxylation is 3. The molecule has 0 bridgehead atoms. The van der Waals surface area contributed by atoms with E-state index in [0.29, 0.717) is 0 Å². The van der Waals surface area contributed by atoms with Crippen LogP contribution in [0.3, 0.4) is 0 Å². The van der Waals surface area contributed by atoms with E-state index in [1.807, 2.05) is 0 Å². The Labute approximate surface area is 169 Å². The van der Waals surface area contributed by atoms with Gasteiger partial charge in [0, 0.05) is 5.39 Å². The zero-order valence-corrected chi connectivity index (χ0v) is 17.6. The molecule has 0 fully saturated rings. The lowest BCUT2D eigenvalue weighted by Gasteiger charge is -2.14. The van der Waals surface area contributed by atoms with Gasteiger partial charge >= 0.3 is 0 Å². The number of hydrogen-bond acceptors (Lipinski definition) is 2. The first-order valence-corrected chi connectivity index (χ1v) is 10.7. The summed E-state index contributed by atoms with van der Waals surface area (Å²) < 4.78 is 5.57. The minimum Gasteiger partial charge on any atom is -0.356 e. The molecule has 0 aliphatic carbocycles. The zero-order chi connectivity index (χ0) is 19.8. The van der Waals surface area contributed by atoms with Crippen molar-refractivity contribution in [3.8, 4) is 0 Å². The molecule has 0 N–H and O–H groups in total. The van der Waals surface area contributed by atoms with Gasteiger partial charge in [0.25, 0.3) is 0 Å². The van der Waals surface area contributed by atoms with Crippen molar-refractivity contribution in [2.75, 3.05) is 0 Å². The van der Waals surface area contributed by atoms with E-state index in [9.17, 15) is 0 Å². The fourth-order valence-corrected chi connectivity index (χ4v) is 3.89. The molecule has 0 aliphatic heterocycles. The highest BCUT2D eigenvalue weighted by Gasteiger charge is 2.13. The smallest absolute Gasteiger partial charge is 0.167 e. The quantitative estimate of drug-likeness (QED) is 0.346. The van der Waals surface area contributed by atoms with Crippen LogP contribution in [0.4, 0.5) is 0 Å². The summed E-state index contributed by atoms with van der Waals surface area (Å²) in [4.78, 5) is 0. The number of nitrogens with zero attached hydrogens (tertiary/aromatic N) is 1. The summed E-state index contributed by atoms with van der Waals surface area (Å²) >= 11 is 0. The third-order valence-electron chi connectivity index (χ3n) is 5.75. The van der Waals surface area contributed by atoms with Gasteiger partial charge in [-0.15, -0.1) is 0 Å². The normalized spacial score (nSPS) is 12.8. The van der Waals surface area contributed by atoms with Gasteiger partial charge in [0.2, 0.25) is 0 Å². The molecule has 148 valence electrons. The Balaban J connectivity index is 1.51. The van der Waals surface area contributed by atoms with Gasteiger partial charge in [-0.3, -0.25) is 0 Å². The SMILES string of the molecule is CCCC(CC/C=C/Cc1ccccc1)CCc1noc2cc(C)c(C)cc12.